The van der Waals surface area contributed by atoms with Crippen molar-refractivity contribution < 1.29 is 24.9 Å². The number of aliphatic carboxylic acids is 1. The van der Waals surface area contributed by atoms with Crippen LogP contribution in [0.4, 0.5) is 0 Å². The maximum atomic E-state index is 10.8. The molecule has 5 unspecified atom stereocenters. The number of para-hydroxylation sites is 1. The van der Waals surface area contributed by atoms with Crippen LogP contribution in [0.25, 0.3) is 0 Å². The Bertz CT molecular complexity index is 891. The minimum Gasteiger partial charge on any atom is -0.489 e. The van der Waals surface area contributed by atoms with Gasteiger partial charge in [0.1, 0.15) is 11.9 Å². The molecule has 5 atom stereocenters. The maximum absolute atomic E-state index is 10.8. The van der Waals surface area contributed by atoms with Gasteiger partial charge in [-0.05, 0) is 24.0 Å². The summed E-state index contributed by atoms with van der Waals surface area (Å²) < 4.78 is 6.21. The number of ether oxygens (including phenoxy) is 1. The van der Waals surface area contributed by atoms with Gasteiger partial charge in [-0.15, -0.1) is 0 Å². The molecule has 2 aromatic carbocycles. The molecule has 0 saturated heterocycles. The van der Waals surface area contributed by atoms with Gasteiger partial charge in [-0.25, -0.2) is 0 Å². The van der Waals surface area contributed by atoms with E-state index < -0.39 is 18.2 Å². The number of carboxylic acids is 1. The Kier molecular flexibility index (Phi) is 5.69. The van der Waals surface area contributed by atoms with Crippen molar-refractivity contribution in [2.45, 2.75) is 49.9 Å². The first kappa shape index (κ1) is 19.7. The van der Waals surface area contributed by atoms with E-state index >= 15 is 0 Å². The van der Waals surface area contributed by atoms with E-state index in [1.54, 1.807) is 6.08 Å². The van der Waals surface area contributed by atoms with Crippen molar-refractivity contribution in [2.75, 3.05) is 0 Å². The molecule has 3 N–H and O–H groups in total. The molecular formula is C24H26O5. The standard InChI is InChI=1S/C24H26O5/c25-19(15-6-2-1-3-7-15)13-12-17-20(26)14-21-23(17)18-10-4-8-16(24(18)29-21)9-5-11-22(27)28/h1-4,6-8,10,12-13,17,19-21,23,25-26H,5,9,11,14H2,(H,27,28)/b13-12+. The highest BCUT2D eigenvalue weighted by atomic mass is 16.5. The van der Waals surface area contributed by atoms with E-state index in [4.69, 9.17) is 9.84 Å². The molecule has 5 nitrogen and oxygen atoms in total. The van der Waals surface area contributed by atoms with Gasteiger partial charge in [0.15, 0.2) is 0 Å². The Morgan fingerprint density at radius 2 is 1.97 bits per heavy atom. The largest absolute Gasteiger partial charge is 0.489 e. The van der Waals surface area contributed by atoms with Crippen molar-refractivity contribution in [3.8, 4) is 5.75 Å². The van der Waals surface area contributed by atoms with Crippen LogP contribution in [0.2, 0.25) is 0 Å². The number of aryl methyl sites for hydroxylation is 1. The van der Waals surface area contributed by atoms with Crippen molar-refractivity contribution in [3.63, 3.8) is 0 Å². The number of carboxylic acid groups (broad SMARTS) is 1. The van der Waals surface area contributed by atoms with Gasteiger partial charge in [0, 0.05) is 30.2 Å². The summed E-state index contributed by atoms with van der Waals surface area (Å²) in [6, 6.07) is 15.4. The van der Waals surface area contributed by atoms with E-state index in [0.29, 0.717) is 19.3 Å². The van der Waals surface area contributed by atoms with Crippen LogP contribution < -0.4 is 4.74 Å². The highest BCUT2D eigenvalue weighted by Gasteiger charge is 2.48. The monoisotopic (exact) mass is 394 g/mol. The first-order chi connectivity index (χ1) is 14.0. The Morgan fingerprint density at radius 3 is 2.72 bits per heavy atom. The molecule has 1 saturated carbocycles. The Labute approximate surface area is 170 Å². The fourth-order valence-corrected chi connectivity index (χ4v) is 4.59. The van der Waals surface area contributed by atoms with E-state index in [2.05, 4.69) is 0 Å². The van der Waals surface area contributed by atoms with E-state index in [-0.39, 0.29) is 24.4 Å². The summed E-state index contributed by atoms with van der Waals surface area (Å²) >= 11 is 0. The Hall–Kier alpha value is -2.63. The molecule has 0 amide bonds. The lowest BCUT2D eigenvalue weighted by Gasteiger charge is -2.18. The van der Waals surface area contributed by atoms with Crippen LogP contribution in [0.15, 0.2) is 60.7 Å². The molecule has 5 heteroatoms. The molecule has 1 aliphatic heterocycles. The molecule has 1 heterocycles. The fourth-order valence-electron chi connectivity index (χ4n) is 4.59. The number of hydrogen-bond donors (Lipinski definition) is 3. The van der Waals surface area contributed by atoms with Crippen LogP contribution in [-0.4, -0.2) is 33.5 Å². The molecule has 4 rings (SSSR count). The van der Waals surface area contributed by atoms with Gasteiger partial charge in [-0.2, -0.15) is 0 Å². The van der Waals surface area contributed by atoms with Crippen molar-refractivity contribution in [1.29, 1.82) is 0 Å². The third-order valence-electron chi connectivity index (χ3n) is 5.98. The van der Waals surface area contributed by atoms with Gasteiger partial charge >= 0.3 is 5.97 Å². The number of hydrogen-bond acceptors (Lipinski definition) is 4. The minimum atomic E-state index is -0.791. The van der Waals surface area contributed by atoms with Crippen LogP contribution in [-0.2, 0) is 11.2 Å². The quantitative estimate of drug-likeness (QED) is 0.625. The summed E-state index contributed by atoms with van der Waals surface area (Å²) in [4.78, 5) is 10.8. The van der Waals surface area contributed by atoms with Crippen molar-refractivity contribution in [3.05, 3.63) is 77.4 Å². The first-order valence-corrected chi connectivity index (χ1v) is 10.1. The topological polar surface area (TPSA) is 87.0 Å². The smallest absolute Gasteiger partial charge is 0.303 e. The van der Waals surface area contributed by atoms with Crippen molar-refractivity contribution in [2.24, 2.45) is 5.92 Å². The van der Waals surface area contributed by atoms with E-state index in [9.17, 15) is 15.0 Å². The highest BCUT2D eigenvalue weighted by molar-refractivity contribution is 5.66. The molecular weight excluding hydrogens is 368 g/mol. The Morgan fingerprint density at radius 1 is 1.17 bits per heavy atom. The predicted molar refractivity (Wildman–Crippen MR) is 109 cm³/mol. The third kappa shape index (κ3) is 4.07. The third-order valence-corrected chi connectivity index (χ3v) is 5.98. The second-order valence-corrected chi connectivity index (χ2v) is 7.89. The minimum absolute atomic E-state index is 0.0404. The lowest BCUT2D eigenvalue weighted by molar-refractivity contribution is -0.137. The lowest BCUT2D eigenvalue weighted by atomic mass is 9.86. The Balaban J connectivity index is 1.53. The van der Waals surface area contributed by atoms with Crippen LogP contribution >= 0.6 is 0 Å². The number of carbonyl (C=O) groups is 1. The number of fused-ring (bicyclic) bond motifs is 3. The van der Waals surface area contributed by atoms with E-state index in [1.165, 1.54) is 0 Å². The van der Waals surface area contributed by atoms with Crippen LogP contribution in [0.3, 0.4) is 0 Å². The SMILES string of the molecule is O=C(O)CCCc1cccc2c1OC1CC(O)C(/C=C/C(O)c3ccccc3)C21. The molecule has 0 spiro atoms. The van der Waals surface area contributed by atoms with Crippen LogP contribution in [0, 0.1) is 5.92 Å². The lowest BCUT2D eigenvalue weighted by Crippen LogP contribution is -2.16. The number of aliphatic hydroxyl groups excluding tert-OH is 2. The number of benzene rings is 2. The second kappa shape index (κ2) is 8.39. The summed E-state index contributed by atoms with van der Waals surface area (Å²) in [7, 11) is 0. The summed E-state index contributed by atoms with van der Waals surface area (Å²) in [6.45, 7) is 0. The zero-order valence-corrected chi connectivity index (χ0v) is 16.1. The van der Waals surface area contributed by atoms with Crippen molar-refractivity contribution >= 4 is 5.97 Å². The normalized spacial score (nSPS) is 26.1. The maximum Gasteiger partial charge on any atom is 0.303 e. The summed E-state index contributed by atoms with van der Waals surface area (Å²) in [5.41, 5.74) is 2.92. The highest BCUT2D eigenvalue weighted by Crippen LogP contribution is 2.52. The molecule has 0 radical (unpaired) electrons. The average molecular weight is 394 g/mol. The first-order valence-electron chi connectivity index (χ1n) is 10.1. The summed E-state index contributed by atoms with van der Waals surface area (Å²) in [6.07, 6.45) is 4.25. The number of rotatable bonds is 7. The van der Waals surface area contributed by atoms with Gasteiger partial charge < -0.3 is 20.1 Å². The fraction of sp³-hybridized carbons (Fsp3) is 0.375. The molecule has 1 aliphatic carbocycles. The summed E-state index contributed by atoms with van der Waals surface area (Å²) in [5, 5.41) is 29.9. The average Bonchev–Trinajstić information content (AvgIpc) is 3.22. The molecule has 1 fully saturated rings. The predicted octanol–water partition coefficient (Wildman–Crippen LogP) is 3.61. The van der Waals surface area contributed by atoms with Gasteiger partial charge in [-0.3, -0.25) is 4.79 Å². The van der Waals surface area contributed by atoms with Crippen LogP contribution in [0.5, 0.6) is 5.75 Å². The van der Waals surface area contributed by atoms with Crippen LogP contribution in [0.1, 0.15) is 48.0 Å². The van der Waals surface area contributed by atoms with Crippen molar-refractivity contribution in [1.82, 2.24) is 0 Å². The molecule has 29 heavy (non-hydrogen) atoms. The van der Waals surface area contributed by atoms with E-state index in [1.807, 2.05) is 54.6 Å². The van der Waals surface area contributed by atoms with E-state index in [0.717, 1.165) is 22.4 Å². The zero-order valence-electron chi connectivity index (χ0n) is 16.1. The summed E-state index contributed by atoms with van der Waals surface area (Å²) in [5.74, 6) is -0.0324. The molecule has 0 bridgehead atoms. The van der Waals surface area contributed by atoms with Gasteiger partial charge in [0.25, 0.3) is 0 Å². The molecule has 2 aliphatic rings. The van der Waals surface area contributed by atoms with Gasteiger partial charge in [0.2, 0.25) is 0 Å². The van der Waals surface area contributed by atoms with Gasteiger partial charge in [-0.1, -0.05) is 60.7 Å². The molecule has 2 aromatic rings. The molecule has 0 aromatic heterocycles. The second-order valence-electron chi connectivity index (χ2n) is 7.89. The zero-order chi connectivity index (χ0) is 20.4. The molecule has 152 valence electrons. The number of aliphatic hydroxyl groups is 2. The van der Waals surface area contributed by atoms with Gasteiger partial charge in [0.05, 0.1) is 12.2 Å².